The molecule has 0 aromatic rings. The average molecular weight is 156 g/mol. The zero-order chi connectivity index (χ0) is 8.43. The lowest BCUT2D eigenvalue weighted by atomic mass is 10.1. The maximum absolute atomic E-state index is 12.8. The van der Waals surface area contributed by atoms with Crippen molar-refractivity contribution in [2.24, 2.45) is 0 Å². The van der Waals surface area contributed by atoms with E-state index in [0.717, 1.165) is 0 Å². The zero-order valence-electron chi connectivity index (χ0n) is 6.57. The topological polar surface area (TPSA) is 0 Å². The van der Waals surface area contributed by atoms with Crippen molar-refractivity contribution in [2.75, 3.05) is 0 Å². The molecule has 0 nitrogen and oxygen atoms in total. The van der Waals surface area contributed by atoms with Crippen LogP contribution in [-0.4, -0.2) is 6.17 Å². The SMILES string of the molecule is CC1=CC(F)C=CC(F)=C1C. The highest BCUT2D eigenvalue weighted by atomic mass is 19.1. The van der Waals surface area contributed by atoms with Gasteiger partial charge < -0.3 is 0 Å². The molecule has 1 aliphatic carbocycles. The second-order valence-corrected chi connectivity index (χ2v) is 2.63. The van der Waals surface area contributed by atoms with Gasteiger partial charge in [0.05, 0.1) is 0 Å². The first-order chi connectivity index (χ1) is 5.11. The fraction of sp³-hybridized carbons (Fsp3) is 0.333. The second-order valence-electron chi connectivity index (χ2n) is 2.63. The smallest absolute Gasteiger partial charge is 0.137 e. The summed E-state index contributed by atoms with van der Waals surface area (Å²) >= 11 is 0. The quantitative estimate of drug-likeness (QED) is 0.505. The van der Waals surface area contributed by atoms with E-state index in [0.29, 0.717) is 11.1 Å². The molecular weight excluding hydrogens is 146 g/mol. The summed E-state index contributed by atoms with van der Waals surface area (Å²) in [6, 6.07) is 0. The number of hydrogen-bond donors (Lipinski definition) is 0. The van der Waals surface area contributed by atoms with Crippen LogP contribution >= 0.6 is 0 Å². The zero-order valence-corrected chi connectivity index (χ0v) is 6.57. The molecule has 0 fully saturated rings. The Balaban J connectivity index is 3.06. The van der Waals surface area contributed by atoms with Crippen molar-refractivity contribution in [1.29, 1.82) is 0 Å². The summed E-state index contributed by atoms with van der Waals surface area (Å²) in [5.74, 6) is -0.348. The van der Waals surface area contributed by atoms with E-state index in [1.165, 1.54) is 18.2 Å². The third-order valence-corrected chi connectivity index (χ3v) is 1.79. The van der Waals surface area contributed by atoms with Crippen LogP contribution in [0.3, 0.4) is 0 Å². The molecule has 1 unspecified atom stereocenters. The molecule has 0 aromatic heterocycles. The van der Waals surface area contributed by atoms with Crippen molar-refractivity contribution in [1.82, 2.24) is 0 Å². The number of hydrogen-bond acceptors (Lipinski definition) is 0. The second kappa shape index (κ2) is 2.99. The predicted molar refractivity (Wildman–Crippen MR) is 41.6 cm³/mol. The highest BCUT2D eigenvalue weighted by molar-refractivity contribution is 5.38. The molecule has 0 spiro atoms. The summed E-state index contributed by atoms with van der Waals surface area (Å²) in [5, 5.41) is 0. The molecule has 1 atom stereocenters. The minimum absolute atomic E-state index is 0.348. The van der Waals surface area contributed by atoms with E-state index in [4.69, 9.17) is 0 Å². The van der Waals surface area contributed by atoms with E-state index >= 15 is 0 Å². The van der Waals surface area contributed by atoms with Gasteiger partial charge in [0.2, 0.25) is 0 Å². The van der Waals surface area contributed by atoms with Crippen molar-refractivity contribution >= 4 is 0 Å². The van der Waals surface area contributed by atoms with Gasteiger partial charge in [-0.25, -0.2) is 8.78 Å². The van der Waals surface area contributed by atoms with Crippen LogP contribution in [0.1, 0.15) is 13.8 Å². The summed E-state index contributed by atoms with van der Waals surface area (Å²) < 4.78 is 25.5. The fourth-order valence-electron chi connectivity index (χ4n) is 0.909. The Labute approximate surface area is 64.9 Å². The van der Waals surface area contributed by atoms with Crippen molar-refractivity contribution < 1.29 is 8.78 Å². The number of halogens is 2. The fourth-order valence-corrected chi connectivity index (χ4v) is 0.909. The molecule has 0 radical (unpaired) electrons. The first-order valence-corrected chi connectivity index (χ1v) is 3.48. The summed E-state index contributed by atoms with van der Waals surface area (Å²) in [4.78, 5) is 0. The lowest BCUT2D eigenvalue weighted by Gasteiger charge is -1.98. The molecule has 0 saturated heterocycles. The first-order valence-electron chi connectivity index (χ1n) is 3.48. The summed E-state index contributed by atoms with van der Waals surface area (Å²) in [6.07, 6.45) is 2.62. The van der Waals surface area contributed by atoms with E-state index in [1.807, 2.05) is 0 Å². The van der Waals surface area contributed by atoms with Crippen LogP contribution in [0.15, 0.2) is 35.2 Å². The lowest BCUT2D eigenvalue weighted by Crippen LogP contribution is -1.88. The molecule has 0 saturated carbocycles. The largest absolute Gasteiger partial charge is 0.238 e. The first kappa shape index (κ1) is 8.18. The van der Waals surface area contributed by atoms with Gasteiger partial charge in [0.1, 0.15) is 12.0 Å². The third kappa shape index (κ3) is 1.76. The van der Waals surface area contributed by atoms with Crippen LogP contribution < -0.4 is 0 Å². The van der Waals surface area contributed by atoms with Gasteiger partial charge in [-0.1, -0.05) is 0 Å². The molecular formula is C9H10F2. The molecule has 2 heteroatoms. The monoisotopic (exact) mass is 156 g/mol. The molecule has 11 heavy (non-hydrogen) atoms. The van der Waals surface area contributed by atoms with E-state index in [9.17, 15) is 8.78 Å². The number of allylic oxidation sites excluding steroid dienone is 6. The van der Waals surface area contributed by atoms with E-state index in [1.54, 1.807) is 13.8 Å². The van der Waals surface area contributed by atoms with Gasteiger partial charge in [-0.3, -0.25) is 0 Å². The Morgan fingerprint density at radius 2 is 2.00 bits per heavy atom. The molecule has 1 aliphatic rings. The molecule has 0 bridgehead atoms. The van der Waals surface area contributed by atoms with E-state index in [-0.39, 0.29) is 5.83 Å². The molecule has 0 amide bonds. The molecule has 1 rings (SSSR count). The standard InChI is InChI=1S/C9H10F2/c1-6-5-8(10)3-4-9(11)7(6)2/h3-5,8H,1-2H3. The van der Waals surface area contributed by atoms with Crippen LogP contribution in [0.4, 0.5) is 8.78 Å². The lowest BCUT2D eigenvalue weighted by molar-refractivity contribution is 0.467. The Morgan fingerprint density at radius 3 is 2.64 bits per heavy atom. The minimum atomic E-state index is -1.15. The van der Waals surface area contributed by atoms with Crippen LogP contribution in [0, 0.1) is 0 Å². The number of rotatable bonds is 0. The van der Waals surface area contributed by atoms with Crippen LogP contribution in [0.5, 0.6) is 0 Å². The Bertz CT molecular complexity index is 246. The van der Waals surface area contributed by atoms with Crippen molar-refractivity contribution in [3.63, 3.8) is 0 Å². The van der Waals surface area contributed by atoms with E-state index in [2.05, 4.69) is 0 Å². The third-order valence-electron chi connectivity index (χ3n) is 1.79. The Kier molecular flexibility index (Phi) is 2.22. The Hall–Kier alpha value is -0.920. The average Bonchev–Trinajstić information content (AvgIpc) is 2.05. The minimum Gasteiger partial charge on any atom is -0.238 e. The van der Waals surface area contributed by atoms with Gasteiger partial charge >= 0.3 is 0 Å². The van der Waals surface area contributed by atoms with Gasteiger partial charge in [0.15, 0.2) is 0 Å². The predicted octanol–water partition coefficient (Wildman–Crippen LogP) is 3.08. The summed E-state index contributed by atoms with van der Waals surface area (Å²) in [7, 11) is 0. The van der Waals surface area contributed by atoms with Gasteiger partial charge in [-0.15, -0.1) is 0 Å². The van der Waals surface area contributed by atoms with Crippen molar-refractivity contribution in [3.8, 4) is 0 Å². The van der Waals surface area contributed by atoms with Crippen molar-refractivity contribution in [2.45, 2.75) is 20.0 Å². The molecule has 0 N–H and O–H groups in total. The number of alkyl halides is 1. The highest BCUT2D eigenvalue weighted by Gasteiger charge is 2.07. The van der Waals surface area contributed by atoms with Gasteiger partial charge in [0.25, 0.3) is 0 Å². The summed E-state index contributed by atoms with van der Waals surface area (Å²) in [5.41, 5.74) is 1.18. The maximum atomic E-state index is 12.8. The highest BCUT2D eigenvalue weighted by Crippen LogP contribution is 2.21. The van der Waals surface area contributed by atoms with Gasteiger partial charge in [0, 0.05) is 0 Å². The van der Waals surface area contributed by atoms with E-state index < -0.39 is 6.17 Å². The molecule has 0 heterocycles. The van der Waals surface area contributed by atoms with Crippen LogP contribution in [0.2, 0.25) is 0 Å². The van der Waals surface area contributed by atoms with Gasteiger partial charge in [-0.2, -0.15) is 0 Å². The Morgan fingerprint density at radius 1 is 1.36 bits per heavy atom. The summed E-state index contributed by atoms with van der Waals surface area (Å²) in [6.45, 7) is 3.35. The van der Waals surface area contributed by atoms with Crippen molar-refractivity contribution in [3.05, 3.63) is 35.2 Å². The molecule has 0 aliphatic heterocycles. The van der Waals surface area contributed by atoms with Crippen LogP contribution in [0.25, 0.3) is 0 Å². The van der Waals surface area contributed by atoms with Gasteiger partial charge in [-0.05, 0) is 43.2 Å². The molecule has 0 aromatic carbocycles. The van der Waals surface area contributed by atoms with Crippen LogP contribution in [-0.2, 0) is 0 Å². The normalized spacial score (nSPS) is 25.1. The molecule has 60 valence electrons. The maximum Gasteiger partial charge on any atom is 0.137 e.